The molecule has 0 amide bonds. The van der Waals surface area contributed by atoms with E-state index >= 15 is 0 Å². The van der Waals surface area contributed by atoms with Crippen LogP contribution in [-0.2, 0) is 6.54 Å². The van der Waals surface area contributed by atoms with Gasteiger partial charge in [0.15, 0.2) is 5.96 Å². The molecule has 1 heterocycles. The maximum absolute atomic E-state index is 5.52. The molecule has 1 aromatic heterocycles. The summed E-state index contributed by atoms with van der Waals surface area (Å²) in [5.41, 5.74) is 1.14. The zero-order valence-corrected chi connectivity index (χ0v) is 17.0. The predicted octanol–water partition coefficient (Wildman–Crippen LogP) is 3.71. The topological polar surface area (TPSA) is 49.6 Å². The lowest BCUT2D eigenvalue weighted by Gasteiger charge is -2.23. The minimum absolute atomic E-state index is 0. The van der Waals surface area contributed by atoms with Crippen LogP contribution in [0.4, 0.5) is 0 Å². The van der Waals surface area contributed by atoms with Gasteiger partial charge in [-0.25, -0.2) is 4.99 Å². The van der Waals surface area contributed by atoms with Crippen molar-refractivity contribution in [2.75, 3.05) is 19.3 Å². The van der Waals surface area contributed by atoms with Gasteiger partial charge in [0.1, 0.15) is 11.5 Å². The molecule has 0 aliphatic heterocycles. The molecule has 122 valence electrons. The van der Waals surface area contributed by atoms with E-state index in [1.54, 1.807) is 0 Å². The fraction of sp³-hybridized carbons (Fsp3) is 0.667. The van der Waals surface area contributed by atoms with Gasteiger partial charge in [-0.1, -0.05) is 0 Å². The minimum Gasteiger partial charge on any atom is -0.466 e. The second-order valence-electron chi connectivity index (χ2n) is 5.45. The summed E-state index contributed by atoms with van der Waals surface area (Å²) < 4.78 is 5.72. The predicted molar refractivity (Wildman–Crippen MR) is 104 cm³/mol. The summed E-state index contributed by atoms with van der Waals surface area (Å²) in [5.74, 6) is 2.74. The van der Waals surface area contributed by atoms with E-state index in [0.717, 1.165) is 36.1 Å². The van der Waals surface area contributed by atoms with Crippen LogP contribution in [0.25, 0.3) is 0 Å². The highest BCUT2D eigenvalue weighted by Gasteiger charge is 2.16. The lowest BCUT2D eigenvalue weighted by Crippen LogP contribution is -2.43. The number of guanidine groups is 1. The van der Waals surface area contributed by atoms with E-state index in [0.29, 0.717) is 6.54 Å². The standard InChI is InChI=1S/C15H27N3OS.HI/c1-7-16-14(18-10-15(4,5)20-6)17-9-13-8-11(2)19-12(13)3;/h8H,7,9-10H2,1-6H3,(H2,16,17,18);1H. The molecule has 2 N–H and O–H groups in total. The van der Waals surface area contributed by atoms with Gasteiger partial charge >= 0.3 is 0 Å². The van der Waals surface area contributed by atoms with E-state index in [9.17, 15) is 0 Å². The van der Waals surface area contributed by atoms with Crippen LogP contribution in [0.1, 0.15) is 37.9 Å². The van der Waals surface area contributed by atoms with Crippen LogP contribution in [0.3, 0.4) is 0 Å². The zero-order valence-electron chi connectivity index (χ0n) is 13.9. The van der Waals surface area contributed by atoms with Crippen molar-refractivity contribution in [3.05, 3.63) is 23.2 Å². The Morgan fingerprint density at radius 3 is 2.48 bits per heavy atom. The lowest BCUT2D eigenvalue weighted by molar-refractivity contribution is 0.501. The Labute approximate surface area is 150 Å². The average Bonchev–Trinajstić information content (AvgIpc) is 2.71. The Morgan fingerprint density at radius 2 is 2.00 bits per heavy atom. The zero-order chi connectivity index (χ0) is 15.2. The number of furan rings is 1. The monoisotopic (exact) mass is 425 g/mol. The highest BCUT2D eigenvalue weighted by molar-refractivity contribution is 14.0. The molecule has 21 heavy (non-hydrogen) atoms. The van der Waals surface area contributed by atoms with E-state index in [2.05, 4.69) is 42.7 Å². The molecule has 0 fully saturated rings. The molecule has 0 spiro atoms. The first kappa shape index (κ1) is 20.6. The number of aliphatic imine (C=N–C) groups is 1. The van der Waals surface area contributed by atoms with Gasteiger partial charge in [0, 0.05) is 23.4 Å². The molecule has 1 aromatic rings. The molecular weight excluding hydrogens is 397 g/mol. The highest BCUT2D eigenvalue weighted by Crippen LogP contribution is 2.19. The third-order valence-corrected chi connectivity index (χ3v) is 4.38. The van der Waals surface area contributed by atoms with E-state index in [1.807, 2.05) is 31.7 Å². The smallest absolute Gasteiger partial charge is 0.191 e. The molecule has 1 rings (SSSR count). The van der Waals surface area contributed by atoms with Gasteiger partial charge in [0.2, 0.25) is 0 Å². The van der Waals surface area contributed by atoms with Crippen molar-refractivity contribution in [1.82, 2.24) is 10.6 Å². The van der Waals surface area contributed by atoms with Crippen LogP contribution in [0.5, 0.6) is 0 Å². The molecule has 0 aromatic carbocycles. The summed E-state index contributed by atoms with van der Waals surface area (Å²) in [6, 6.07) is 2.05. The fourth-order valence-corrected chi connectivity index (χ4v) is 1.93. The van der Waals surface area contributed by atoms with E-state index in [-0.39, 0.29) is 28.7 Å². The number of halogens is 1. The molecule has 0 bridgehead atoms. The molecule has 0 saturated carbocycles. The average molecular weight is 425 g/mol. The normalized spacial score (nSPS) is 12.0. The summed E-state index contributed by atoms with van der Waals surface area (Å²) in [5, 5.41) is 6.67. The van der Waals surface area contributed by atoms with Gasteiger partial charge in [-0.05, 0) is 46.9 Å². The largest absolute Gasteiger partial charge is 0.466 e. The molecule has 0 radical (unpaired) electrons. The Kier molecular flexibility index (Phi) is 9.44. The van der Waals surface area contributed by atoms with Crippen LogP contribution in [0.2, 0.25) is 0 Å². The second-order valence-corrected chi connectivity index (χ2v) is 6.96. The number of rotatable bonds is 6. The van der Waals surface area contributed by atoms with Crippen molar-refractivity contribution in [2.24, 2.45) is 4.99 Å². The number of nitrogens with zero attached hydrogens (tertiary/aromatic N) is 1. The Morgan fingerprint density at radius 1 is 1.33 bits per heavy atom. The molecule has 0 aliphatic rings. The van der Waals surface area contributed by atoms with Crippen LogP contribution < -0.4 is 10.6 Å². The van der Waals surface area contributed by atoms with Gasteiger partial charge < -0.3 is 15.1 Å². The molecule has 0 saturated heterocycles. The van der Waals surface area contributed by atoms with Crippen molar-refractivity contribution in [3.63, 3.8) is 0 Å². The van der Waals surface area contributed by atoms with Gasteiger partial charge in [-0.15, -0.1) is 24.0 Å². The molecule has 0 atom stereocenters. The minimum atomic E-state index is 0. The number of hydrogen-bond acceptors (Lipinski definition) is 3. The Bertz CT molecular complexity index is 458. The summed E-state index contributed by atoms with van der Waals surface area (Å²) in [4.78, 5) is 4.62. The van der Waals surface area contributed by atoms with Gasteiger partial charge in [0.05, 0.1) is 6.54 Å². The van der Waals surface area contributed by atoms with Crippen molar-refractivity contribution in [1.29, 1.82) is 0 Å². The number of thioether (sulfide) groups is 1. The van der Waals surface area contributed by atoms with E-state index in [1.165, 1.54) is 0 Å². The second kappa shape index (κ2) is 9.61. The Hall–Kier alpha value is -0.370. The lowest BCUT2D eigenvalue weighted by atomic mass is 10.2. The maximum Gasteiger partial charge on any atom is 0.191 e. The molecule has 4 nitrogen and oxygen atoms in total. The van der Waals surface area contributed by atoms with Crippen molar-refractivity contribution < 1.29 is 4.42 Å². The third-order valence-electron chi connectivity index (χ3n) is 3.13. The molecule has 0 unspecified atom stereocenters. The summed E-state index contributed by atoms with van der Waals surface area (Å²) >= 11 is 1.85. The van der Waals surface area contributed by atoms with Crippen molar-refractivity contribution in [3.8, 4) is 0 Å². The molecule has 6 heteroatoms. The van der Waals surface area contributed by atoms with Gasteiger partial charge in [-0.2, -0.15) is 11.8 Å². The summed E-state index contributed by atoms with van der Waals surface area (Å²) in [7, 11) is 0. The van der Waals surface area contributed by atoms with Gasteiger partial charge in [0.25, 0.3) is 0 Å². The summed E-state index contributed by atoms with van der Waals surface area (Å²) in [6.07, 6.45) is 2.13. The Balaban J connectivity index is 0.00000400. The fourth-order valence-electron chi connectivity index (χ4n) is 1.72. The quantitative estimate of drug-likeness (QED) is 0.415. The number of nitrogens with one attached hydrogen (secondary N) is 2. The van der Waals surface area contributed by atoms with Crippen LogP contribution in [0.15, 0.2) is 15.5 Å². The third kappa shape index (κ3) is 7.44. The SMILES string of the molecule is CCNC(=NCc1cc(C)oc1C)NCC(C)(C)SC.I. The number of aryl methyl sites for hydroxylation is 2. The van der Waals surface area contributed by atoms with E-state index < -0.39 is 0 Å². The van der Waals surface area contributed by atoms with Gasteiger partial charge in [-0.3, -0.25) is 0 Å². The van der Waals surface area contributed by atoms with Crippen LogP contribution >= 0.6 is 35.7 Å². The molecule has 0 aliphatic carbocycles. The number of hydrogen-bond donors (Lipinski definition) is 2. The van der Waals surface area contributed by atoms with Crippen LogP contribution in [-0.4, -0.2) is 30.1 Å². The summed E-state index contributed by atoms with van der Waals surface area (Å²) in [6.45, 7) is 12.8. The van der Waals surface area contributed by atoms with Crippen LogP contribution in [0, 0.1) is 13.8 Å². The first-order valence-corrected chi connectivity index (χ1v) is 8.23. The van der Waals surface area contributed by atoms with Crippen molar-refractivity contribution in [2.45, 2.75) is 45.9 Å². The van der Waals surface area contributed by atoms with E-state index in [4.69, 9.17) is 4.42 Å². The highest BCUT2D eigenvalue weighted by atomic mass is 127. The molecular formula is C15H28IN3OS. The van der Waals surface area contributed by atoms with Crippen molar-refractivity contribution >= 4 is 41.7 Å². The maximum atomic E-state index is 5.52. The first-order chi connectivity index (χ1) is 9.38. The first-order valence-electron chi connectivity index (χ1n) is 7.01.